The van der Waals surface area contributed by atoms with Crippen molar-refractivity contribution in [3.05, 3.63) is 170 Å². The number of allylic oxidation sites excluding steroid dienone is 28. The van der Waals surface area contributed by atoms with Gasteiger partial charge < -0.3 is 14.6 Å². The molecule has 1 atom stereocenters. The van der Waals surface area contributed by atoms with Gasteiger partial charge in [-0.1, -0.05) is 319 Å². The van der Waals surface area contributed by atoms with Crippen molar-refractivity contribution in [2.24, 2.45) is 0 Å². The number of aliphatic hydroxyl groups excluding tert-OH is 1. The Kier molecular flexibility index (Phi) is 68.4. The minimum atomic E-state index is -0.796. The average Bonchev–Trinajstić information content (AvgIpc) is 3.51. The van der Waals surface area contributed by atoms with Crippen LogP contribution >= 0.6 is 0 Å². The summed E-state index contributed by atoms with van der Waals surface area (Å²) in [7, 11) is 0. The van der Waals surface area contributed by atoms with E-state index < -0.39 is 6.10 Å². The predicted octanol–water partition coefficient (Wildman–Crippen LogP) is 24.4. The van der Waals surface area contributed by atoms with E-state index in [-0.39, 0.29) is 25.2 Å². The number of esters is 2. The first-order valence-corrected chi connectivity index (χ1v) is 34.7. The third-order valence-electron chi connectivity index (χ3n) is 14.5. The van der Waals surface area contributed by atoms with Crippen molar-refractivity contribution in [3.63, 3.8) is 0 Å². The van der Waals surface area contributed by atoms with E-state index >= 15 is 0 Å². The number of hydrogen-bond acceptors (Lipinski definition) is 5. The maximum Gasteiger partial charge on any atom is 0.306 e. The van der Waals surface area contributed by atoms with Gasteiger partial charge >= 0.3 is 11.9 Å². The third-order valence-corrected chi connectivity index (χ3v) is 14.5. The van der Waals surface area contributed by atoms with E-state index in [0.717, 1.165) is 141 Å². The van der Waals surface area contributed by atoms with Crippen LogP contribution in [0.2, 0.25) is 0 Å². The zero-order valence-corrected chi connectivity index (χ0v) is 54.4. The molecule has 0 rings (SSSR count). The first-order valence-electron chi connectivity index (χ1n) is 34.7. The molecular weight excluding hydrogens is 1030 g/mol. The van der Waals surface area contributed by atoms with Crippen LogP contribution in [0, 0.1) is 0 Å². The van der Waals surface area contributed by atoms with Gasteiger partial charge in [-0.3, -0.25) is 9.59 Å². The number of hydrogen-bond donors (Lipinski definition) is 1. The number of carbonyl (C=O) groups excluding carboxylic acids is 2. The van der Waals surface area contributed by atoms with E-state index in [2.05, 4.69) is 184 Å². The number of rotatable bonds is 62. The summed E-state index contributed by atoms with van der Waals surface area (Å²) >= 11 is 0. The zero-order chi connectivity index (χ0) is 60.5. The highest BCUT2D eigenvalue weighted by Gasteiger charge is 2.16. The summed E-state index contributed by atoms with van der Waals surface area (Å²) in [4.78, 5) is 24.6. The van der Waals surface area contributed by atoms with E-state index in [1.165, 1.54) is 128 Å². The van der Waals surface area contributed by atoms with Crippen LogP contribution in [0.5, 0.6) is 0 Å². The lowest BCUT2D eigenvalue weighted by molar-refractivity contribution is -0.161. The highest BCUT2D eigenvalue weighted by molar-refractivity contribution is 5.70. The van der Waals surface area contributed by atoms with Crippen LogP contribution in [0.3, 0.4) is 0 Å². The van der Waals surface area contributed by atoms with E-state index in [0.29, 0.717) is 12.8 Å². The summed E-state index contributed by atoms with van der Waals surface area (Å²) in [5.41, 5.74) is 0. The third kappa shape index (κ3) is 69.8. The number of ether oxygens (including phenoxy) is 2. The van der Waals surface area contributed by atoms with Gasteiger partial charge in [0.05, 0.1) is 6.61 Å². The number of aliphatic hydroxyl groups is 1. The highest BCUT2D eigenvalue weighted by atomic mass is 16.6. The molecule has 0 aliphatic carbocycles. The number of unbranched alkanes of at least 4 members (excludes halogenated alkanes) is 26. The Morgan fingerprint density at radius 3 is 0.774 bits per heavy atom. The smallest absolute Gasteiger partial charge is 0.306 e. The molecular formula is C79H128O5. The summed E-state index contributed by atoms with van der Waals surface area (Å²) in [6.45, 7) is 4.01. The lowest BCUT2D eigenvalue weighted by Crippen LogP contribution is -2.28. The minimum Gasteiger partial charge on any atom is -0.462 e. The lowest BCUT2D eigenvalue weighted by Gasteiger charge is -2.15. The highest BCUT2D eigenvalue weighted by Crippen LogP contribution is 2.16. The molecule has 0 fully saturated rings. The van der Waals surface area contributed by atoms with Gasteiger partial charge in [0.25, 0.3) is 0 Å². The Morgan fingerprint density at radius 1 is 0.286 bits per heavy atom. The predicted molar refractivity (Wildman–Crippen MR) is 370 cm³/mol. The first-order chi connectivity index (χ1) is 41.6. The van der Waals surface area contributed by atoms with Crippen LogP contribution < -0.4 is 0 Å². The van der Waals surface area contributed by atoms with E-state index in [9.17, 15) is 14.7 Å². The topological polar surface area (TPSA) is 72.8 Å². The van der Waals surface area contributed by atoms with Crippen molar-refractivity contribution in [2.75, 3.05) is 13.2 Å². The van der Waals surface area contributed by atoms with Crippen molar-refractivity contribution >= 4 is 11.9 Å². The van der Waals surface area contributed by atoms with Gasteiger partial charge in [-0.25, -0.2) is 0 Å². The van der Waals surface area contributed by atoms with E-state index in [1.54, 1.807) is 0 Å². The minimum absolute atomic E-state index is 0.0825. The fourth-order valence-corrected chi connectivity index (χ4v) is 9.33. The van der Waals surface area contributed by atoms with Gasteiger partial charge in [-0.15, -0.1) is 0 Å². The van der Waals surface area contributed by atoms with Gasteiger partial charge in [0.1, 0.15) is 6.61 Å². The number of carbonyl (C=O) groups is 2. The molecule has 0 aromatic rings. The van der Waals surface area contributed by atoms with Crippen LogP contribution in [-0.2, 0) is 19.1 Å². The van der Waals surface area contributed by atoms with Gasteiger partial charge in [-0.2, -0.15) is 0 Å². The molecule has 5 heteroatoms. The fraction of sp³-hybridized carbons (Fsp3) is 0.620. The molecule has 474 valence electrons. The SMILES string of the molecule is CC/C=C\C/C=C\C/C=C\C/C=C\C/C=C\C/C=C\C/C=C\C/C=C\C/C=C\C/C=C\C/C=C\CCCCCCCC(=O)OC(CO)COC(=O)CCCCCCCCCCCCCCCCCC/C=C\C/C=C\C/C=C\CCCCCCC. The van der Waals surface area contributed by atoms with Crippen LogP contribution in [-0.4, -0.2) is 36.4 Å². The summed E-state index contributed by atoms with van der Waals surface area (Å²) in [6, 6.07) is 0. The summed E-state index contributed by atoms with van der Waals surface area (Å²) < 4.78 is 10.7. The second kappa shape index (κ2) is 72.5. The summed E-state index contributed by atoms with van der Waals surface area (Å²) in [6.07, 6.45) is 112. The maximum atomic E-state index is 12.4. The molecule has 0 aliphatic heterocycles. The normalized spacial score (nSPS) is 13.3. The Morgan fingerprint density at radius 2 is 0.512 bits per heavy atom. The Balaban J connectivity index is 3.59. The first kappa shape index (κ1) is 79.3. The van der Waals surface area contributed by atoms with E-state index in [1.807, 2.05) is 0 Å². The van der Waals surface area contributed by atoms with Crippen LogP contribution in [0.1, 0.15) is 296 Å². The largest absolute Gasteiger partial charge is 0.462 e. The molecule has 1 unspecified atom stereocenters. The zero-order valence-electron chi connectivity index (χ0n) is 54.4. The summed E-state index contributed by atoms with van der Waals surface area (Å²) in [5, 5.41) is 9.70. The van der Waals surface area contributed by atoms with Crippen molar-refractivity contribution in [3.8, 4) is 0 Å². The van der Waals surface area contributed by atoms with Gasteiger partial charge in [0.2, 0.25) is 0 Å². The average molecular weight is 1160 g/mol. The quantitative estimate of drug-likeness (QED) is 0.0373. The molecule has 0 bridgehead atoms. The maximum absolute atomic E-state index is 12.4. The van der Waals surface area contributed by atoms with Crippen molar-refractivity contribution in [1.29, 1.82) is 0 Å². The molecule has 0 aliphatic rings. The summed E-state index contributed by atoms with van der Waals surface area (Å²) in [5.74, 6) is -0.617. The fourth-order valence-electron chi connectivity index (χ4n) is 9.33. The molecule has 0 saturated carbocycles. The Hall–Kier alpha value is -4.74. The van der Waals surface area contributed by atoms with Crippen molar-refractivity contribution in [2.45, 2.75) is 302 Å². The molecule has 0 spiro atoms. The van der Waals surface area contributed by atoms with Gasteiger partial charge in [-0.05, 0) is 135 Å². The van der Waals surface area contributed by atoms with Crippen molar-refractivity contribution in [1.82, 2.24) is 0 Å². The van der Waals surface area contributed by atoms with E-state index in [4.69, 9.17) is 9.47 Å². The molecule has 0 radical (unpaired) electrons. The Labute approximate surface area is 519 Å². The molecule has 5 nitrogen and oxygen atoms in total. The van der Waals surface area contributed by atoms with Gasteiger partial charge in [0.15, 0.2) is 6.10 Å². The lowest BCUT2D eigenvalue weighted by atomic mass is 10.0. The van der Waals surface area contributed by atoms with Crippen LogP contribution in [0.4, 0.5) is 0 Å². The molecule has 0 aromatic heterocycles. The van der Waals surface area contributed by atoms with Crippen LogP contribution in [0.25, 0.3) is 0 Å². The van der Waals surface area contributed by atoms with Crippen LogP contribution in [0.15, 0.2) is 170 Å². The molecule has 1 N–H and O–H groups in total. The standard InChI is InChI=1S/C79H128O5/c1-3-5-7-9-11-13-15-17-19-21-23-25-27-29-31-33-35-36-37-38-39-40-41-42-44-46-48-50-52-54-56-58-60-62-64-66-68-70-72-74-79(82)84-77(75-80)76-83-78(81)73-71-69-67-65-63-61-59-57-55-53-51-49-47-45-43-34-32-30-28-26-24-22-20-18-16-14-12-10-8-6-4-2/h5,7,11,13,16-19,22-25,28-31,35-36,38-39,41-42,46,48,52,54,58,60,77,80H,3-4,6,8-10,12,14-15,20-21,26-27,32-34,37,40,43-45,47,49-51,53,55-57,59,61-76H2,1-2H3/b7-5-,13-11-,18-16-,19-17-,24-22-,25-23-,30-28-,31-29-,36-35-,39-38-,42-41-,48-46-,54-52-,60-58-. The molecule has 0 amide bonds. The second-order valence-corrected chi connectivity index (χ2v) is 22.5. The molecule has 0 heterocycles. The monoisotopic (exact) mass is 1160 g/mol. The van der Waals surface area contributed by atoms with Gasteiger partial charge in [0, 0.05) is 12.8 Å². The molecule has 84 heavy (non-hydrogen) atoms. The molecule has 0 saturated heterocycles. The second-order valence-electron chi connectivity index (χ2n) is 22.5. The van der Waals surface area contributed by atoms with Crippen molar-refractivity contribution < 1.29 is 24.2 Å². The molecule has 0 aromatic carbocycles. The Bertz CT molecular complexity index is 1840.